The number of nitrogens with one attached hydrogen (secondary N) is 2. The summed E-state index contributed by atoms with van der Waals surface area (Å²) in [6.07, 6.45) is 0.350. The molecule has 0 saturated heterocycles. The number of anilines is 1. The van der Waals surface area contributed by atoms with Gasteiger partial charge in [0.2, 0.25) is 0 Å². The lowest BCUT2D eigenvalue weighted by molar-refractivity contribution is -0.125. The van der Waals surface area contributed by atoms with Crippen molar-refractivity contribution in [3.63, 3.8) is 0 Å². The van der Waals surface area contributed by atoms with E-state index in [1.54, 1.807) is 0 Å². The number of carbonyl (C=O) groups is 1. The number of nitriles is 1. The van der Waals surface area contributed by atoms with E-state index >= 15 is 0 Å². The fraction of sp³-hybridized carbons (Fsp3) is 0.158. The first-order chi connectivity index (χ1) is 14.2. The van der Waals surface area contributed by atoms with E-state index in [1.807, 2.05) is 6.07 Å². The van der Waals surface area contributed by atoms with Gasteiger partial charge in [-0.05, 0) is 23.8 Å². The first kappa shape index (κ1) is 22.4. The van der Waals surface area contributed by atoms with Crippen molar-refractivity contribution in [1.29, 1.82) is 5.26 Å². The molecule has 0 saturated carbocycles. The van der Waals surface area contributed by atoms with Gasteiger partial charge < -0.3 is 10.1 Å². The lowest BCUT2D eigenvalue weighted by Crippen LogP contribution is -2.24. The first-order valence-corrected chi connectivity index (χ1v) is 10.6. The van der Waals surface area contributed by atoms with Gasteiger partial charge in [-0.3, -0.25) is 10.0 Å². The molecule has 12 heteroatoms. The highest BCUT2D eigenvalue weighted by Gasteiger charge is 2.65. The predicted octanol–water partition coefficient (Wildman–Crippen LogP) is 5.29. The van der Waals surface area contributed by atoms with Crippen molar-refractivity contribution < 1.29 is 34.2 Å². The Hall–Kier alpha value is -3.30. The fourth-order valence-electron chi connectivity index (χ4n) is 3.11. The number of amides is 1. The molecule has 0 fully saturated rings. The Balaban J connectivity index is 2.06. The van der Waals surface area contributed by atoms with Crippen LogP contribution in [0.2, 0.25) is 0 Å². The molecular weight excluding hydrogens is 445 g/mol. The summed E-state index contributed by atoms with van der Waals surface area (Å²) < 4.78 is 70.6. The summed E-state index contributed by atoms with van der Waals surface area (Å²) in [5.41, 5.74) is 2.77. The van der Waals surface area contributed by atoms with Gasteiger partial charge in [-0.1, -0.05) is 38.1 Å². The van der Waals surface area contributed by atoms with E-state index in [2.05, 4.69) is 11.9 Å². The smallest absolute Gasteiger partial charge is 0.310 e. The Morgan fingerprint density at radius 1 is 1.23 bits per heavy atom. The average molecular weight is 461 g/mol. The lowest BCUT2D eigenvalue weighted by atomic mass is 9.95. The number of fused-ring (bicyclic) bond motifs is 1. The summed E-state index contributed by atoms with van der Waals surface area (Å²) in [6.45, 7) is 3.55. The van der Waals surface area contributed by atoms with Crippen molar-refractivity contribution in [1.82, 2.24) is 5.48 Å². The third-order valence-corrected chi connectivity index (χ3v) is 5.78. The van der Waals surface area contributed by atoms with Crippen LogP contribution < -0.4 is 15.5 Å². The zero-order chi connectivity index (χ0) is 23.1. The topological polar surface area (TPSA) is 94.4 Å². The SMILES string of the molecule is C=C(CNc1cc(-c2ccc(S(F)(F)(F)(F)F)cc2)c2c(c1C#N)CCO2)C(=O)NO. The summed E-state index contributed by atoms with van der Waals surface area (Å²) in [5, 5.41) is 21.0. The van der Waals surface area contributed by atoms with E-state index < -0.39 is 21.0 Å². The largest absolute Gasteiger partial charge is 0.492 e. The number of hydroxylamine groups is 1. The maximum absolute atomic E-state index is 13.0. The van der Waals surface area contributed by atoms with Gasteiger partial charge in [0.25, 0.3) is 5.91 Å². The molecule has 3 rings (SSSR count). The van der Waals surface area contributed by atoms with Crippen molar-refractivity contribution >= 4 is 21.8 Å². The normalized spacial score (nSPS) is 15.0. The van der Waals surface area contributed by atoms with Gasteiger partial charge in [0, 0.05) is 29.7 Å². The number of ether oxygens (including phenoxy) is 1. The number of halogens is 5. The summed E-state index contributed by atoms with van der Waals surface area (Å²) in [5.74, 6) is -0.573. The second-order valence-electron chi connectivity index (χ2n) is 6.76. The molecule has 1 heterocycles. The molecule has 0 unspecified atom stereocenters. The average Bonchev–Trinajstić information content (AvgIpc) is 3.18. The van der Waals surface area contributed by atoms with Crippen LogP contribution in [-0.4, -0.2) is 24.3 Å². The lowest BCUT2D eigenvalue weighted by Gasteiger charge is -2.40. The molecule has 1 aliphatic heterocycles. The van der Waals surface area contributed by atoms with Gasteiger partial charge in [-0.25, -0.2) is 5.48 Å². The quantitative estimate of drug-likeness (QED) is 0.235. The molecule has 1 aliphatic rings. The Labute approximate surface area is 173 Å². The van der Waals surface area contributed by atoms with Gasteiger partial charge >= 0.3 is 10.2 Å². The zero-order valence-corrected chi connectivity index (χ0v) is 16.5. The molecule has 1 amide bonds. The van der Waals surface area contributed by atoms with Crippen LogP contribution in [0.3, 0.4) is 0 Å². The van der Waals surface area contributed by atoms with Gasteiger partial charge in [-0.2, -0.15) is 5.26 Å². The van der Waals surface area contributed by atoms with Crippen molar-refractivity contribution in [2.45, 2.75) is 11.3 Å². The number of hydrogen-bond acceptors (Lipinski definition) is 5. The predicted molar refractivity (Wildman–Crippen MR) is 105 cm³/mol. The number of carbonyl (C=O) groups excluding carboxylic acids is 1. The van der Waals surface area contributed by atoms with Crippen LogP contribution in [0.1, 0.15) is 11.1 Å². The van der Waals surface area contributed by atoms with Gasteiger partial charge in [0.1, 0.15) is 16.7 Å². The Morgan fingerprint density at radius 3 is 2.42 bits per heavy atom. The molecule has 166 valence electrons. The molecule has 0 aliphatic carbocycles. The third kappa shape index (κ3) is 4.57. The fourth-order valence-corrected chi connectivity index (χ4v) is 3.76. The van der Waals surface area contributed by atoms with E-state index in [1.165, 1.54) is 11.5 Å². The highest BCUT2D eigenvalue weighted by atomic mass is 32.5. The van der Waals surface area contributed by atoms with Gasteiger partial charge in [-0.15, -0.1) is 0 Å². The molecule has 31 heavy (non-hydrogen) atoms. The summed E-state index contributed by atoms with van der Waals surface area (Å²) >= 11 is 0. The molecule has 0 spiro atoms. The molecule has 2 aromatic rings. The second kappa shape index (κ2) is 6.86. The molecule has 0 atom stereocenters. The molecular formula is C19H16F5N3O3S. The molecule has 0 bridgehead atoms. The van der Waals surface area contributed by atoms with Crippen LogP contribution >= 0.6 is 10.2 Å². The summed E-state index contributed by atoms with van der Waals surface area (Å²) in [7, 11) is -9.81. The monoisotopic (exact) mass is 461 g/mol. The highest BCUT2D eigenvalue weighted by molar-refractivity contribution is 8.45. The number of rotatable bonds is 6. The summed E-state index contributed by atoms with van der Waals surface area (Å²) in [4.78, 5) is 9.38. The second-order valence-corrected chi connectivity index (χ2v) is 9.17. The van der Waals surface area contributed by atoms with E-state index in [4.69, 9.17) is 9.94 Å². The number of hydrogen-bond donors (Lipinski definition) is 3. The maximum atomic E-state index is 13.0. The van der Waals surface area contributed by atoms with E-state index in [0.29, 0.717) is 29.7 Å². The standard InChI is InChI=1S/C19H16F5N3O3S/c1-11(19(28)27-29)10-26-17-8-15(18-14(6-7-30-18)16(17)9-25)12-2-4-13(5-3-12)31(20,21,22,23)24/h2-5,8,26,29H,1,6-7,10H2,(H,27,28). The van der Waals surface area contributed by atoms with Crippen molar-refractivity contribution in [3.05, 3.63) is 53.6 Å². The Bertz CT molecular complexity index is 1130. The zero-order valence-electron chi connectivity index (χ0n) is 15.7. The minimum atomic E-state index is -9.81. The van der Waals surface area contributed by atoms with E-state index in [-0.39, 0.29) is 41.3 Å². The van der Waals surface area contributed by atoms with Crippen LogP contribution in [0, 0.1) is 11.3 Å². The van der Waals surface area contributed by atoms with Crippen molar-refractivity contribution in [2.75, 3.05) is 18.5 Å². The minimum Gasteiger partial charge on any atom is -0.492 e. The van der Waals surface area contributed by atoms with Crippen LogP contribution in [0.25, 0.3) is 11.1 Å². The Kier molecular flexibility index (Phi) is 4.95. The van der Waals surface area contributed by atoms with Crippen molar-refractivity contribution in [3.8, 4) is 22.9 Å². The molecule has 6 nitrogen and oxygen atoms in total. The van der Waals surface area contributed by atoms with E-state index in [9.17, 15) is 29.5 Å². The molecule has 2 aromatic carbocycles. The minimum absolute atomic E-state index is 0.0510. The highest BCUT2D eigenvalue weighted by Crippen LogP contribution is 3.02. The number of benzene rings is 2. The van der Waals surface area contributed by atoms with E-state index in [0.717, 1.165) is 12.1 Å². The molecule has 0 radical (unpaired) electrons. The van der Waals surface area contributed by atoms with Crippen LogP contribution in [0.15, 0.2) is 47.4 Å². The van der Waals surface area contributed by atoms with Crippen LogP contribution in [0.4, 0.5) is 25.1 Å². The molecule has 3 N–H and O–H groups in total. The number of nitrogens with zero attached hydrogens (tertiary/aromatic N) is 1. The summed E-state index contributed by atoms with van der Waals surface area (Å²) in [6, 6.07) is 5.84. The first-order valence-electron chi connectivity index (χ1n) is 8.68. The van der Waals surface area contributed by atoms with Gasteiger partial charge in [0.05, 0.1) is 17.9 Å². The third-order valence-electron chi connectivity index (χ3n) is 4.61. The Morgan fingerprint density at radius 2 is 1.87 bits per heavy atom. The molecule has 0 aromatic heterocycles. The van der Waals surface area contributed by atoms with Gasteiger partial charge in [0.15, 0.2) is 0 Å². The van der Waals surface area contributed by atoms with Crippen LogP contribution in [-0.2, 0) is 11.2 Å². The van der Waals surface area contributed by atoms with Crippen molar-refractivity contribution in [2.24, 2.45) is 0 Å². The van der Waals surface area contributed by atoms with Crippen LogP contribution in [0.5, 0.6) is 5.75 Å². The maximum Gasteiger partial charge on any atom is 0.310 e.